The second-order valence-corrected chi connectivity index (χ2v) is 5.93. The summed E-state index contributed by atoms with van der Waals surface area (Å²) in [7, 11) is 0. The molecule has 110 valence electrons. The zero-order valence-corrected chi connectivity index (χ0v) is 12.3. The molecule has 4 heteroatoms. The minimum atomic E-state index is -0.611. The number of ether oxygens (including phenoxy) is 1. The van der Waals surface area contributed by atoms with E-state index in [-0.39, 0.29) is 24.0 Å². The SMILES string of the molecule is CCOC1CC(CO)(NC(=O)c2ccccc2)C1(C)C. The van der Waals surface area contributed by atoms with Crippen molar-refractivity contribution in [1.82, 2.24) is 5.32 Å². The maximum absolute atomic E-state index is 12.3. The molecule has 0 spiro atoms. The minimum Gasteiger partial charge on any atom is -0.394 e. The molecule has 1 aliphatic rings. The Labute approximate surface area is 120 Å². The fraction of sp³-hybridized carbons (Fsp3) is 0.562. The molecule has 0 aliphatic heterocycles. The normalized spacial score (nSPS) is 27.7. The number of nitrogens with one attached hydrogen (secondary N) is 1. The number of hydrogen-bond donors (Lipinski definition) is 2. The van der Waals surface area contributed by atoms with E-state index in [2.05, 4.69) is 5.32 Å². The average Bonchev–Trinajstić information content (AvgIpc) is 2.46. The van der Waals surface area contributed by atoms with Gasteiger partial charge in [-0.25, -0.2) is 0 Å². The molecule has 1 amide bonds. The maximum Gasteiger partial charge on any atom is 0.251 e. The molecule has 0 heterocycles. The van der Waals surface area contributed by atoms with E-state index in [1.54, 1.807) is 12.1 Å². The first-order valence-corrected chi connectivity index (χ1v) is 7.07. The van der Waals surface area contributed by atoms with Gasteiger partial charge in [0.05, 0.1) is 18.2 Å². The van der Waals surface area contributed by atoms with Crippen LogP contribution in [0.4, 0.5) is 0 Å². The molecule has 0 bridgehead atoms. The molecule has 20 heavy (non-hydrogen) atoms. The Kier molecular flexibility index (Phi) is 4.16. The summed E-state index contributed by atoms with van der Waals surface area (Å²) in [5, 5.41) is 12.8. The summed E-state index contributed by atoms with van der Waals surface area (Å²) in [5.74, 6) is -0.150. The molecule has 0 radical (unpaired) electrons. The summed E-state index contributed by atoms with van der Waals surface area (Å²) in [6.07, 6.45) is 0.707. The molecular formula is C16H23NO3. The number of benzene rings is 1. The van der Waals surface area contributed by atoms with Gasteiger partial charge >= 0.3 is 0 Å². The van der Waals surface area contributed by atoms with Crippen LogP contribution < -0.4 is 5.32 Å². The molecule has 1 aromatic rings. The number of carbonyl (C=O) groups is 1. The van der Waals surface area contributed by atoms with Crippen molar-refractivity contribution in [3.05, 3.63) is 35.9 Å². The second-order valence-electron chi connectivity index (χ2n) is 5.93. The van der Waals surface area contributed by atoms with E-state index < -0.39 is 5.54 Å². The van der Waals surface area contributed by atoms with Crippen molar-refractivity contribution >= 4 is 5.91 Å². The third-order valence-corrected chi connectivity index (χ3v) is 4.60. The summed E-state index contributed by atoms with van der Waals surface area (Å²) >= 11 is 0. The Balaban J connectivity index is 2.12. The van der Waals surface area contributed by atoms with Crippen LogP contribution in [0.5, 0.6) is 0 Å². The quantitative estimate of drug-likeness (QED) is 0.865. The van der Waals surface area contributed by atoms with Gasteiger partial charge in [0.15, 0.2) is 0 Å². The van der Waals surface area contributed by atoms with Gasteiger partial charge in [0, 0.05) is 24.0 Å². The van der Waals surface area contributed by atoms with Crippen LogP contribution in [-0.2, 0) is 4.74 Å². The highest BCUT2D eigenvalue weighted by Crippen LogP contribution is 2.51. The third-order valence-electron chi connectivity index (χ3n) is 4.60. The van der Waals surface area contributed by atoms with Gasteiger partial charge in [-0.2, -0.15) is 0 Å². The first-order chi connectivity index (χ1) is 9.47. The van der Waals surface area contributed by atoms with Crippen LogP contribution in [0.2, 0.25) is 0 Å². The summed E-state index contributed by atoms with van der Waals surface area (Å²) in [6.45, 7) is 6.57. The molecule has 2 rings (SSSR count). The largest absolute Gasteiger partial charge is 0.394 e. The maximum atomic E-state index is 12.3. The molecule has 1 aromatic carbocycles. The molecule has 4 nitrogen and oxygen atoms in total. The second kappa shape index (κ2) is 5.54. The third kappa shape index (κ3) is 2.34. The van der Waals surface area contributed by atoms with Gasteiger partial charge in [-0.3, -0.25) is 4.79 Å². The van der Waals surface area contributed by atoms with Gasteiger partial charge in [0.1, 0.15) is 0 Å². The van der Waals surface area contributed by atoms with Crippen LogP contribution in [0.1, 0.15) is 37.6 Å². The Bertz CT molecular complexity index is 472. The van der Waals surface area contributed by atoms with Crippen molar-refractivity contribution in [2.75, 3.05) is 13.2 Å². The molecule has 2 atom stereocenters. The Morgan fingerprint density at radius 1 is 1.40 bits per heavy atom. The lowest BCUT2D eigenvalue weighted by Crippen LogP contribution is -2.74. The molecule has 2 N–H and O–H groups in total. The minimum absolute atomic E-state index is 0.0655. The summed E-state index contributed by atoms with van der Waals surface area (Å²) in [6, 6.07) is 9.07. The number of rotatable bonds is 5. The first-order valence-electron chi connectivity index (χ1n) is 7.07. The smallest absolute Gasteiger partial charge is 0.251 e. The average molecular weight is 277 g/mol. The topological polar surface area (TPSA) is 58.6 Å². The van der Waals surface area contributed by atoms with Gasteiger partial charge in [-0.1, -0.05) is 32.0 Å². The van der Waals surface area contributed by atoms with Gasteiger partial charge in [0.25, 0.3) is 5.91 Å². The molecule has 1 fully saturated rings. The Morgan fingerprint density at radius 3 is 2.55 bits per heavy atom. The number of aliphatic hydroxyl groups excluding tert-OH is 1. The number of hydrogen-bond acceptors (Lipinski definition) is 3. The van der Waals surface area contributed by atoms with Crippen LogP contribution in [-0.4, -0.2) is 35.9 Å². The number of aliphatic hydroxyl groups is 1. The van der Waals surface area contributed by atoms with E-state index in [9.17, 15) is 9.90 Å². The van der Waals surface area contributed by atoms with E-state index >= 15 is 0 Å². The molecule has 1 aliphatic carbocycles. The van der Waals surface area contributed by atoms with E-state index in [0.717, 1.165) is 0 Å². The van der Waals surface area contributed by atoms with Crippen LogP contribution in [0.3, 0.4) is 0 Å². The zero-order chi connectivity index (χ0) is 14.8. The lowest BCUT2D eigenvalue weighted by Gasteiger charge is -2.60. The summed E-state index contributed by atoms with van der Waals surface area (Å²) < 4.78 is 5.68. The predicted molar refractivity (Wildman–Crippen MR) is 77.5 cm³/mol. The zero-order valence-electron chi connectivity index (χ0n) is 12.3. The van der Waals surface area contributed by atoms with E-state index in [1.165, 1.54) is 0 Å². The van der Waals surface area contributed by atoms with Crippen LogP contribution in [0.15, 0.2) is 30.3 Å². The van der Waals surface area contributed by atoms with Crippen molar-refractivity contribution in [2.24, 2.45) is 5.41 Å². The van der Waals surface area contributed by atoms with Crippen molar-refractivity contribution in [2.45, 2.75) is 38.8 Å². The van der Waals surface area contributed by atoms with Gasteiger partial charge in [-0.15, -0.1) is 0 Å². The molecule has 1 saturated carbocycles. The predicted octanol–water partition coefficient (Wildman–Crippen LogP) is 1.98. The summed E-state index contributed by atoms with van der Waals surface area (Å²) in [4.78, 5) is 12.3. The van der Waals surface area contributed by atoms with Crippen molar-refractivity contribution in [3.63, 3.8) is 0 Å². The van der Waals surface area contributed by atoms with Crippen molar-refractivity contribution in [1.29, 1.82) is 0 Å². The highest BCUT2D eigenvalue weighted by Gasteiger charge is 2.61. The van der Waals surface area contributed by atoms with E-state index in [0.29, 0.717) is 18.6 Å². The Morgan fingerprint density at radius 2 is 2.05 bits per heavy atom. The summed E-state index contributed by atoms with van der Waals surface area (Å²) in [5.41, 5.74) is -0.293. The number of amides is 1. The van der Waals surface area contributed by atoms with Crippen LogP contribution >= 0.6 is 0 Å². The fourth-order valence-corrected chi connectivity index (χ4v) is 2.88. The Hall–Kier alpha value is -1.39. The molecule has 0 aromatic heterocycles. The van der Waals surface area contributed by atoms with Crippen molar-refractivity contribution < 1.29 is 14.6 Å². The van der Waals surface area contributed by atoms with E-state index in [1.807, 2.05) is 39.0 Å². The number of carbonyl (C=O) groups excluding carboxylic acids is 1. The monoisotopic (exact) mass is 277 g/mol. The molecular weight excluding hydrogens is 254 g/mol. The van der Waals surface area contributed by atoms with Crippen LogP contribution in [0.25, 0.3) is 0 Å². The molecule has 0 saturated heterocycles. The highest BCUT2D eigenvalue weighted by molar-refractivity contribution is 5.94. The van der Waals surface area contributed by atoms with Crippen LogP contribution in [0, 0.1) is 5.41 Å². The van der Waals surface area contributed by atoms with Gasteiger partial charge < -0.3 is 15.2 Å². The van der Waals surface area contributed by atoms with Crippen molar-refractivity contribution in [3.8, 4) is 0 Å². The molecule has 2 unspecified atom stereocenters. The highest BCUT2D eigenvalue weighted by atomic mass is 16.5. The fourth-order valence-electron chi connectivity index (χ4n) is 2.88. The lowest BCUT2D eigenvalue weighted by molar-refractivity contribution is -0.172. The lowest BCUT2D eigenvalue weighted by atomic mass is 9.54. The standard InChI is InChI=1S/C16H23NO3/c1-4-20-13-10-16(11-18,15(13,2)3)17-14(19)12-8-6-5-7-9-12/h5-9,13,18H,4,10-11H2,1-3H3,(H,17,19). The van der Waals surface area contributed by atoms with Gasteiger partial charge in [-0.05, 0) is 19.1 Å². The first kappa shape index (κ1) is 15.0. The van der Waals surface area contributed by atoms with Gasteiger partial charge in [0.2, 0.25) is 0 Å². The van der Waals surface area contributed by atoms with E-state index in [4.69, 9.17) is 4.74 Å².